The lowest BCUT2D eigenvalue weighted by Crippen LogP contribution is -2.42. The van der Waals surface area contributed by atoms with E-state index in [1.165, 1.54) is 24.8 Å². The Kier molecular flexibility index (Phi) is 9.44. The van der Waals surface area contributed by atoms with Gasteiger partial charge in [-0.15, -0.1) is 0 Å². The molecular formula is C23H35NO2. The topological polar surface area (TPSA) is 37.4 Å². The molecule has 0 aliphatic heterocycles. The molecule has 1 fully saturated rings. The Balaban J connectivity index is 1.87. The molecule has 2 rings (SSSR count). The summed E-state index contributed by atoms with van der Waals surface area (Å²) in [5, 5.41) is 0. The van der Waals surface area contributed by atoms with Crippen LogP contribution < -0.4 is 0 Å². The number of carbonyl (C=O) groups excluding carboxylic acids is 2. The zero-order chi connectivity index (χ0) is 18.6. The molecule has 0 radical (unpaired) electrons. The fraction of sp³-hybridized carbons (Fsp3) is 0.652. The molecule has 1 aliphatic rings. The Hall–Kier alpha value is -1.64. The maximum absolute atomic E-state index is 12.9. The highest BCUT2D eigenvalue weighted by Crippen LogP contribution is 2.26. The van der Waals surface area contributed by atoms with E-state index in [9.17, 15) is 9.59 Å². The zero-order valence-corrected chi connectivity index (χ0v) is 16.4. The van der Waals surface area contributed by atoms with Crippen molar-refractivity contribution in [3.05, 3.63) is 35.9 Å². The van der Waals surface area contributed by atoms with Crippen LogP contribution in [0.1, 0.15) is 83.1 Å². The van der Waals surface area contributed by atoms with E-state index in [1.54, 1.807) is 4.90 Å². The molecule has 1 saturated carbocycles. The molecule has 0 heterocycles. The fourth-order valence-electron chi connectivity index (χ4n) is 3.85. The maximum atomic E-state index is 12.9. The van der Waals surface area contributed by atoms with E-state index >= 15 is 0 Å². The van der Waals surface area contributed by atoms with E-state index < -0.39 is 0 Å². The smallest absolute Gasteiger partial charge is 0.232 e. The van der Waals surface area contributed by atoms with Crippen molar-refractivity contribution in [2.75, 3.05) is 6.54 Å². The molecule has 0 bridgehead atoms. The SMILES string of the molecule is CCCCCCN(C(=O)CCCc1ccccc1)C(=O)C1CCCCC1. The minimum atomic E-state index is 0.0352. The second-order valence-electron chi connectivity index (χ2n) is 7.62. The lowest BCUT2D eigenvalue weighted by molar-refractivity contribution is -0.148. The predicted octanol–water partition coefficient (Wildman–Crippen LogP) is 5.53. The first kappa shape index (κ1) is 20.7. The van der Waals surface area contributed by atoms with Crippen LogP contribution in [-0.4, -0.2) is 23.3 Å². The van der Waals surface area contributed by atoms with Crippen LogP contribution in [-0.2, 0) is 16.0 Å². The molecule has 0 N–H and O–H groups in total. The molecule has 3 heteroatoms. The van der Waals surface area contributed by atoms with Gasteiger partial charge < -0.3 is 0 Å². The van der Waals surface area contributed by atoms with Crippen LogP contribution in [0.4, 0.5) is 0 Å². The van der Waals surface area contributed by atoms with Crippen LogP contribution in [0.5, 0.6) is 0 Å². The highest BCUT2D eigenvalue weighted by atomic mass is 16.2. The minimum absolute atomic E-state index is 0.0352. The van der Waals surface area contributed by atoms with Crippen LogP contribution in [0.25, 0.3) is 0 Å². The highest BCUT2D eigenvalue weighted by Gasteiger charge is 2.29. The molecule has 0 aromatic heterocycles. The number of rotatable bonds is 10. The van der Waals surface area contributed by atoms with Gasteiger partial charge in [-0.25, -0.2) is 0 Å². The van der Waals surface area contributed by atoms with Crippen molar-refractivity contribution in [2.45, 2.75) is 84.0 Å². The Labute approximate surface area is 159 Å². The summed E-state index contributed by atoms with van der Waals surface area (Å²) in [4.78, 5) is 27.3. The van der Waals surface area contributed by atoms with E-state index in [4.69, 9.17) is 0 Å². The molecule has 0 unspecified atom stereocenters. The number of aryl methyl sites for hydroxylation is 1. The molecule has 0 atom stereocenters. The number of unbranched alkanes of at least 4 members (excludes halogenated alkanes) is 3. The summed E-state index contributed by atoms with van der Waals surface area (Å²) >= 11 is 0. The van der Waals surface area contributed by atoms with Crippen molar-refractivity contribution >= 4 is 11.8 Å². The molecule has 144 valence electrons. The fourth-order valence-corrected chi connectivity index (χ4v) is 3.85. The Bertz CT molecular complexity index is 534. The van der Waals surface area contributed by atoms with Crippen molar-refractivity contribution in [1.82, 2.24) is 4.90 Å². The third-order valence-corrected chi connectivity index (χ3v) is 5.46. The van der Waals surface area contributed by atoms with Gasteiger partial charge in [0.1, 0.15) is 0 Å². The molecule has 0 saturated heterocycles. The summed E-state index contributed by atoms with van der Waals surface area (Å²) in [5.74, 6) is 0.215. The summed E-state index contributed by atoms with van der Waals surface area (Å²) < 4.78 is 0. The van der Waals surface area contributed by atoms with Gasteiger partial charge in [0.05, 0.1) is 0 Å². The highest BCUT2D eigenvalue weighted by molar-refractivity contribution is 5.96. The number of hydrogen-bond donors (Lipinski definition) is 0. The number of imide groups is 1. The lowest BCUT2D eigenvalue weighted by atomic mass is 9.88. The number of nitrogens with zero attached hydrogens (tertiary/aromatic N) is 1. The third kappa shape index (κ3) is 6.93. The van der Waals surface area contributed by atoms with Crippen LogP contribution in [0, 0.1) is 5.92 Å². The molecule has 3 nitrogen and oxygen atoms in total. The maximum Gasteiger partial charge on any atom is 0.232 e. The van der Waals surface area contributed by atoms with Gasteiger partial charge in [-0.1, -0.05) is 75.8 Å². The molecule has 1 aromatic carbocycles. The van der Waals surface area contributed by atoms with Crippen molar-refractivity contribution in [3.63, 3.8) is 0 Å². The van der Waals surface area contributed by atoms with Crippen LogP contribution >= 0.6 is 0 Å². The van der Waals surface area contributed by atoms with Crippen LogP contribution in [0.15, 0.2) is 30.3 Å². The predicted molar refractivity (Wildman–Crippen MR) is 107 cm³/mol. The molecular weight excluding hydrogens is 322 g/mol. The van der Waals surface area contributed by atoms with Crippen LogP contribution in [0.3, 0.4) is 0 Å². The van der Waals surface area contributed by atoms with Crippen molar-refractivity contribution in [1.29, 1.82) is 0 Å². The van der Waals surface area contributed by atoms with Gasteiger partial charge in [0, 0.05) is 18.9 Å². The summed E-state index contributed by atoms with van der Waals surface area (Å²) in [6.07, 6.45) is 12.0. The van der Waals surface area contributed by atoms with Gasteiger partial charge in [0.25, 0.3) is 0 Å². The van der Waals surface area contributed by atoms with Crippen LogP contribution in [0.2, 0.25) is 0 Å². The molecule has 0 spiro atoms. The molecule has 1 aliphatic carbocycles. The summed E-state index contributed by atoms with van der Waals surface area (Å²) in [6.45, 7) is 2.79. The summed E-state index contributed by atoms with van der Waals surface area (Å²) in [5.41, 5.74) is 1.26. The number of carbonyl (C=O) groups is 2. The zero-order valence-electron chi connectivity index (χ0n) is 16.4. The quantitative estimate of drug-likeness (QED) is 0.517. The second-order valence-corrected chi connectivity index (χ2v) is 7.62. The van der Waals surface area contributed by atoms with Crippen molar-refractivity contribution in [2.24, 2.45) is 5.92 Å². The van der Waals surface area contributed by atoms with E-state index in [1.807, 2.05) is 18.2 Å². The van der Waals surface area contributed by atoms with E-state index in [0.29, 0.717) is 13.0 Å². The summed E-state index contributed by atoms with van der Waals surface area (Å²) in [6, 6.07) is 10.3. The number of benzene rings is 1. The van der Waals surface area contributed by atoms with Gasteiger partial charge in [0.15, 0.2) is 0 Å². The normalized spacial score (nSPS) is 15.0. The standard InChI is InChI=1S/C23H35NO2/c1-2-3-4-11-19-24(23(26)21-16-9-6-10-17-21)22(25)18-12-15-20-13-7-5-8-14-20/h5,7-8,13-14,21H,2-4,6,9-12,15-19H2,1H3. The first-order valence-corrected chi connectivity index (χ1v) is 10.6. The van der Waals surface area contributed by atoms with Crippen molar-refractivity contribution in [3.8, 4) is 0 Å². The first-order valence-electron chi connectivity index (χ1n) is 10.6. The Morgan fingerprint density at radius 3 is 2.38 bits per heavy atom. The van der Waals surface area contributed by atoms with Gasteiger partial charge in [-0.05, 0) is 37.7 Å². The number of hydrogen-bond acceptors (Lipinski definition) is 2. The average molecular weight is 358 g/mol. The first-order chi connectivity index (χ1) is 12.7. The van der Waals surface area contributed by atoms with Gasteiger partial charge in [-0.2, -0.15) is 0 Å². The molecule has 2 amide bonds. The van der Waals surface area contributed by atoms with E-state index in [0.717, 1.165) is 51.4 Å². The number of amides is 2. The third-order valence-electron chi connectivity index (χ3n) is 5.46. The average Bonchev–Trinajstić information content (AvgIpc) is 2.69. The van der Waals surface area contributed by atoms with E-state index in [2.05, 4.69) is 19.1 Å². The van der Waals surface area contributed by atoms with Gasteiger partial charge in [-0.3, -0.25) is 14.5 Å². The van der Waals surface area contributed by atoms with E-state index in [-0.39, 0.29) is 17.7 Å². The van der Waals surface area contributed by atoms with Crippen molar-refractivity contribution < 1.29 is 9.59 Å². The second kappa shape index (κ2) is 11.9. The largest absolute Gasteiger partial charge is 0.282 e. The molecule has 1 aromatic rings. The van der Waals surface area contributed by atoms with Gasteiger partial charge in [0.2, 0.25) is 11.8 Å². The molecule has 26 heavy (non-hydrogen) atoms. The minimum Gasteiger partial charge on any atom is -0.282 e. The Morgan fingerprint density at radius 2 is 1.69 bits per heavy atom. The van der Waals surface area contributed by atoms with Gasteiger partial charge >= 0.3 is 0 Å². The monoisotopic (exact) mass is 357 g/mol. The Morgan fingerprint density at radius 1 is 0.962 bits per heavy atom. The summed E-state index contributed by atoms with van der Waals surface area (Å²) in [7, 11) is 0. The lowest BCUT2D eigenvalue weighted by Gasteiger charge is -2.28.